The molecule has 3 amide bonds. The van der Waals surface area contributed by atoms with E-state index >= 15 is 0 Å². The van der Waals surface area contributed by atoms with Gasteiger partial charge in [0.15, 0.2) is 6.03 Å². The predicted molar refractivity (Wildman–Crippen MR) is 32.8 cm³/mol. The minimum Gasteiger partial charge on any atom is -0.432 e. The van der Waals surface area contributed by atoms with E-state index in [-0.39, 0.29) is 52.6 Å². The molecule has 1 aliphatic rings. The third-order valence-corrected chi connectivity index (χ3v) is 0.919. The second kappa shape index (κ2) is 4.80. The van der Waals surface area contributed by atoms with Crippen molar-refractivity contribution in [2.45, 2.75) is 0 Å². The first-order valence-corrected chi connectivity index (χ1v) is 2.20. The normalized spacial score (nSPS) is 15.5. The van der Waals surface area contributed by atoms with Gasteiger partial charge in [0, 0.05) is 39.3 Å². The van der Waals surface area contributed by atoms with Crippen LogP contribution in [0.3, 0.4) is 0 Å². The zero-order valence-electron chi connectivity index (χ0n) is 6.00. The van der Waals surface area contributed by atoms with E-state index < -0.39 is 6.03 Å². The number of carbonyl (C=O) groups is 2. The number of amides is 3. The van der Waals surface area contributed by atoms with Gasteiger partial charge in [-0.3, -0.25) is 9.59 Å². The fourth-order valence-electron chi connectivity index (χ4n) is 0.498. The van der Waals surface area contributed by atoms with E-state index in [0.29, 0.717) is 0 Å². The molecule has 0 spiro atoms. The molecule has 0 N–H and O–H groups in total. The van der Waals surface area contributed by atoms with Crippen molar-refractivity contribution in [1.82, 2.24) is 4.90 Å². The Morgan fingerprint density at radius 2 is 2.00 bits per heavy atom. The molecule has 0 aromatic rings. The number of hydrogen-bond acceptors (Lipinski definition) is 2. The summed E-state index contributed by atoms with van der Waals surface area (Å²) in [5.41, 5.74) is 0. The van der Waals surface area contributed by atoms with Gasteiger partial charge in [-0.1, -0.05) is 7.05 Å². The molecule has 0 aromatic carbocycles. The molecule has 5 heteroatoms. The molecule has 1 saturated heterocycles. The third-order valence-electron chi connectivity index (χ3n) is 0.919. The van der Waals surface area contributed by atoms with Crippen LogP contribution in [0.5, 0.6) is 0 Å². The molecule has 1 fully saturated rings. The van der Waals surface area contributed by atoms with E-state index in [1.165, 1.54) is 11.9 Å². The van der Waals surface area contributed by atoms with E-state index in [2.05, 4.69) is 5.32 Å². The first kappa shape index (κ1) is 12.7. The fraction of sp³-hybridized carbons (Fsp3) is 0.400. The summed E-state index contributed by atoms with van der Waals surface area (Å²) in [6.07, 6.45) is 0. The molecule has 0 saturated carbocycles. The van der Waals surface area contributed by atoms with Crippen LogP contribution in [0.1, 0.15) is 0 Å². The first-order valence-electron chi connectivity index (χ1n) is 2.20. The number of nitrogens with zero attached hydrogens (tertiary/aromatic N) is 2. The smallest absolute Gasteiger partial charge is 0.161 e. The molecule has 0 unspecified atom stereocenters. The second-order valence-corrected chi connectivity index (χ2v) is 1.64. The van der Waals surface area contributed by atoms with Gasteiger partial charge < -0.3 is 17.6 Å². The van der Waals surface area contributed by atoms with Crippen molar-refractivity contribution in [2.75, 3.05) is 13.6 Å². The summed E-state index contributed by atoms with van der Waals surface area (Å²) in [4.78, 5) is 21.8. The van der Waals surface area contributed by atoms with Gasteiger partial charge in [0.05, 0.1) is 0 Å². The van der Waals surface area contributed by atoms with Crippen LogP contribution >= 0.6 is 0 Å². The Labute approximate surface area is 85.2 Å². The molecule has 55 valence electrons. The van der Waals surface area contributed by atoms with Crippen molar-refractivity contribution in [2.24, 2.45) is 0 Å². The van der Waals surface area contributed by atoms with Crippen molar-refractivity contribution in [1.29, 1.82) is 0 Å². The Balaban J connectivity index is 0. The second-order valence-electron chi connectivity index (χ2n) is 1.64. The van der Waals surface area contributed by atoms with Crippen molar-refractivity contribution >= 4 is 11.9 Å². The summed E-state index contributed by atoms with van der Waals surface area (Å²) in [6.45, 7) is 0.138. The van der Waals surface area contributed by atoms with Crippen LogP contribution in [0.15, 0.2) is 0 Å². The van der Waals surface area contributed by atoms with E-state index in [1.807, 2.05) is 0 Å². The standard InChI is InChI=1S/C4H6N2O2.CH3.Y/c1-6-2-3(7)5-4(6)8;;/h2H2,1H3,(H,5,7,8);1H3;/q;-1;/p-1. The van der Waals surface area contributed by atoms with Crippen LogP contribution in [0.4, 0.5) is 4.79 Å². The van der Waals surface area contributed by atoms with Crippen LogP contribution in [0.25, 0.3) is 5.32 Å². The van der Waals surface area contributed by atoms with Gasteiger partial charge in [-0.05, 0) is 0 Å². The average molecular weight is 217 g/mol. The molecule has 1 aliphatic heterocycles. The Hall–Kier alpha value is 0.0439. The van der Waals surface area contributed by atoms with Gasteiger partial charge in [0.25, 0.3) is 0 Å². The minimum atomic E-state index is -0.435. The van der Waals surface area contributed by atoms with Crippen LogP contribution in [0.2, 0.25) is 0 Å². The van der Waals surface area contributed by atoms with Crippen LogP contribution in [-0.2, 0) is 37.5 Å². The Bertz CT molecular complexity index is 149. The van der Waals surface area contributed by atoms with Crippen molar-refractivity contribution in [3.05, 3.63) is 12.7 Å². The first-order chi connectivity index (χ1) is 3.70. The summed E-state index contributed by atoms with van der Waals surface area (Å²) in [5, 5.41) is 3.12. The molecule has 0 atom stereocenters. The largest absolute Gasteiger partial charge is 0.432 e. The van der Waals surface area contributed by atoms with Gasteiger partial charge in [0.2, 0.25) is 0 Å². The van der Waals surface area contributed by atoms with Gasteiger partial charge >= 0.3 is 0 Å². The molecule has 0 aliphatic carbocycles. The maximum Gasteiger partial charge on any atom is 0.161 e. The molecule has 4 nitrogen and oxygen atoms in total. The maximum atomic E-state index is 10.3. The third kappa shape index (κ3) is 2.75. The predicted octanol–water partition coefficient (Wildman–Crippen LogP) is 0.400. The molecule has 10 heavy (non-hydrogen) atoms. The van der Waals surface area contributed by atoms with E-state index in [4.69, 9.17) is 0 Å². The Kier molecular flexibility index (Phi) is 6.09. The maximum absolute atomic E-state index is 10.3. The number of urea groups is 1. The molecular formula is C5H8N2O2Y-2. The molecule has 1 radical (unpaired) electrons. The van der Waals surface area contributed by atoms with Crippen LogP contribution in [0, 0.1) is 7.43 Å². The quantitative estimate of drug-likeness (QED) is 0.435. The van der Waals surface area contributed by atoms with Gasteiger partial charge in [0.1, 0.15) is 5.91 Å². The summed E-state index contributed by atoms with van der Waals surface area (Å²) >= 11 is 0. The average Bonchev–Trinajstić information content (AvgIpc) is 1.85. The molecule has 1 heterocycles. The van der Waals surface area contributed by atoms with Crippen molar-refractivity contribution in [3.8, 4) is 0 Å². The molecule has 1 rings (SSSR count). The van der Waals surface area contributed by atoms with Gasteiger partial charge in [-0.25, -0.2) is 0 Å². The number of imide groups is 1. The SMILES string of the molecule is CN1CC(=O)[N-]C1=O.[CH3-].[Y]. The summed E-state index contributed by atoms with van der Waals surface area (Å²) in [7, 11) is 1.54. The molecular weight excluding hydrogens is 209 g/mol. The number of rotatable bonds is 0. The van der Waals surface area contributed by atoms with Gasteiger partial charge in [-0.15, -0.1) is 0 Å². The number of hydrogen-bond donors (Lipinski definition) is 0. The summed E-state index contributed by atoms with van der Waals surface area (Å²) < 4.78 is 0. The fourth-order valence-corrected chi connectivity index (χ4v) is 0.498. The zero-order valence-corrected chi connectivity index (χ0v) is 8.83. The Morgan fingerprint density at radius 1 is 1.50 bits per heavy atom. The Morgan fingerprint density at radius 3 is 2.10 bits per heavy atom. The van der Waals surface area contributed by atoms with Gasteiger partial charge in [-0.2, -0.15) is 0 Å². The summed E-state index contributed by atoms with van der Waals surface area (Å²) in [6, 6.07) is -0.435. The monoisotopic (exact) mass is 217 g/mol. The van der Waals surface area contributed by atoms with Crippen molar-refractivity contribution < 1.29 is 42.3 Å². The zero-order chi connectivity index (χ0) is 6.15. The molecule has 0 bridgehead atoms. The van der Waals surface area contributed by atoms with Crippen LogP contribution < -0.4 is 0 Å². The van der Waals surface area contributed by atoms with Crippen LogP contribution in [-0.4, -0.2) is 30.4 Å². The van der Waals surface area contributed by atoms with Crippen molar-refractivity contribution in [3.63, 3.8) is 0 Å². The summed E-state index contributed by atoms with van der Waals surface area (Å²) in [5.74, 6) is -0.350. The number of likely N-dealkylation sites (N-methyl/N-ethyl adjacent to an activating group) is 1. The van der Waals surface area contributed by atoms with E-state index in [1.54, 1.807) is 0 Å². The minimum absolute atomic E-state index is 0. The van der Waals surface area contributed by atoms with E-state index in [9.17, 15) is 9.59 Å². The number of carbonyl (C=O) groups excluding carboxylic acids is 2. The van der Waals surface area contributed by atoms with E-state index in [0.717, 1.165) is 0 Å². The molecule has 0 aromatic heterocycles. The topological polar surface area (TPSA) is 51.5 Å².